The van der Waals surface area contributed by atoms with Gasteiger partial charge in [0.25, 0.3) is 0 Å². The lowest BCUT2D eigenvalue weighted by atomic mass is 10.3. The van der Waals surface area contributed by atoms with Crippen molar-refractivity contribution >= 4 is 23.3 Å². The molecule has 0 aliphatic rings. The Morgan fingerprint density at radius 2 is 2.22 bits per heavy atom. The first-order chi connectivity index (χ1) is 8.61. The molecule has 0 atom stereocenters. The van der Waals surface area contributed by atoms with Gasteiger partial charge in [0.15, 0.2) is 0 Å². The molecule has 0 bridgehead atoms. The third-order valence-electron chi connectivity index (χ3n) is 2.11. The van der Waals surface area contributed by atoms with Gasteiger partial charge in [-0.3, -0.25) is 4.79 Å². The van der Waals surface area contributed by atoms with Crippen LogP contribution in [0.2, 0.25) is 5.28 Å². The van der Waals surface area contributed by atoms with E-state index in [4.69, 9.17) is 16.3 Å². The number of nitrogens with one attached hydrogen (secondary N) is 2. The molecule has 0 saturated carbocycles. The van der Waals surface area contributed by atoms with Gasteiger partial charge in [-0.05, 0) is 18.5 Å². The quantitative estimate of drug-likeness (QED) is 0.572. The first-order valence-electron chi connectivity index (χ1n) is 5.62. The summed E-state index contributed by atoms with van der Waals surface area (Å²) in [5.74, 6) is 0.591. The van der Waals surface area contributed by atoms with Crippen LogP contribution in [0.5, 0.6) is 0 Å². The van der Waals surface area contributed by atoms with Crippen molar-refractivity contribution in [3.8, 4) is 0 Å². The van der Waals surface area contributed by atoms with E-state index in [0.29, 0.717) is 31.9 Å². The summed E-state index contributed by atoms with van der Waals surface area (Å²) in [4.78, 5) is 19.3. The molecule has 0 saturated heterocycles. The molecule has 0 spiro atoms. The number of hydrogen-bond donors (Lipinski definition) is 2. The van der Waals surface area contributed by atoms with Crippen molar-refractivity contribution < 1.29 is 9.53 Å². The number of anilines is 1. The molecule has 0 fully saturated rings. The summed E-state index contributed by atoms with van der Waals surface area (Å²) in [6.45, 7) is 3.36. The zero-order chi connectivity index (χ0) is 13.4. The van der Waals surface area contributed by atoms with Crippen molar-refractivity contribution in [3.05, 3.63) is 17.0 Å². The fourth-order valence-electron chi connectivity index (χ4n) is 1.31. The van der Waals surface area contributed by atoms with Gasteiger partial charge in [0, 0.05) is 38.4 Å². The van der Waals surface area contributed by atoms with E-state index in [1.54, 1.807) is 13.2 Å². The Balaban J connectivity index is 2.26. The highest BCUT2D eigenvalue weighted by atomic mass is 35.5. The van der Waals surface area contributed by atoms with Crippen LogP contribution in [0.3, 0.4) is 0 Å². The molecule has 1 heterocycles. The number of aryl methyl sites for hydroxylation is 1. The van der Waals surface area contributed by atoms with E-state index in [1.807, 2.05) is 6.92 Å². The van der Waals surface area contributed by atoms with Gasteiger partial charge < -0.3 is 15.4 Å². The number of amides is 1. The Morgan fingerprint density at radius 3 is 2.89 bits per heavy atom. The van der Waals surface area contributed by atoms with Crippen molar-refractivity contribution in [2.75, 3.05) is 32.1 Å². The van der Waals surface area contributed by atoms with E-state index in [1.165, 1.54) is 0 Å². The highest BCUT2D eigenvalue weighted by molar-refractivity contribution is 6.28. The Labute approximate surface area is 111 Å². The summed E-state index contributed by atoms with van der Waals surface area (Å²) < 4.78 is 4.83. The van der Waals surface area contributed by atoms with E-state index in [2.05, 4.69) is 20.6 Å². The van der Waals surface area contributed by atoms with Crippen LogP contribution >= 0.6 is 11.6 Å². The maximum Gasteiger partial charge on any atom is 0.224 e. The Bertz CT molecular complexity index is 380. The molecule has 0 aliphatic heterocycles. The van der Waals surface area contributed by atoms with E-state index >= 15 is 0 Å². The summed E-state index contributed by atoms with van der Waals surface area (Å²) in [7, 11) is 1.59. The molecule has 1 aromatic rings. The minimum atomic E-state index is -0.0311. The largest absolute Gasteiger partial charge is 0.383 e. The third-order valence-corrected chi connectivity index (χ3v) is 2.28. The van der Waals surface area contributed by atoms with Crippen LogP contribution in [-0.4, -0.2) is 42.7 Å². The predicted octanol–water partition coefficient (Wildman–Crippen LogP) is 1.00. The molecule has 1 rings (SSSR count). The second-order valence-electron chi connectivity index (χ2n) is 3.68. The number of rotatable bonds is 7. The summed E-state index contributed by atoms with van der Waals surface area (Å²) in [5.41, 5.74) is 0.780. The SMILES string of the molecule is COCCNC(=O)CCNc1cc(C)nc(Cl)n1. The molecule has 1 amide bonds. The highest BCUT2D eigenvalue weighted by Gasteiger charge is 2.02. The lowest BCUT2D eigenvalue weighted by Crippen LogP contribution is -2.28. The molecule has 100 valence electrons. The zero-order valence-corrected chi connectivity index (χ0v) is 11.3. The van der Waals surface area contributed by atoms with Gasteiger partial charge in [0.05, 0.1) is 6.61 Å². The topological polar surface area (TPSA) is 76.1 Å². The van der Waals surface area contributed by atoms with Gasteiger partial charge in [0.1, 0.15) is 5.82 Å². The summed E-state index contributed by atoms with van der Waals surface area (Å²) in [6, 6.07) is 1.77. The van der Waals surface area contributed by atoms with Gasteiger partial charge in [-0.15, -0.1) is 0 Å². The van der Waals surface area contributed by atoms with Crippen molar-refractivity contribution in [2.24, 2.45) is 0 Å². The standard InChI is InChI=1S/C11H17ClN4O2/c1-8-7-9(16-11(12)15-8)13-4-3-10(17)14-5-6-18-2/h7H,3-6H2,1-2H3,(H,14,17)(H,13,15,16). The molecule has 7 heteroatoms. The number of carbonyl (C=O) groups excluding carboxylic acids is 1. The first kappa shape index (κ1) is 14.7. The molecule has 0 aliphatic carbocycles. The van der Waals surface area contributed by atoms with E-state index in [9.17, 15) is 4.79 Å². The smallest absolute Gasteiger partial charge is 0.224 e. The number of methoxy groups -OCH3 is 1. The Morgan fingerprint density at radius 1 is 1.44 bits per heavy atom. The van der Waals surface area contributed by atoms with Crippen molar-refractivity contribution in [1.29, 1.82) is 0 Å². The van der Waals surface area contributed by atoms with E-state index in [-0.39, 0.29) is 11.2 Å². The van der Waals surface area contributed by atoms with Crippen molar-refractivity contribution in [1.82, 2.24) is 15.3 Å². The Hall–Kier alpha value is -1.40. The normalized spacial score (nSPS) is 10.2. The first-order valence-corrected chi connectivity index (χ1v) is 6.00. The second kappa shape index (κ2) is 7.84. The number of aromatic nitrogens is 2. The van der Waals surface area contributed by atoms with Crippen LogP contribution in [0.1, 0.15) is 12.1 Å². The van der Waals surface area contributed by atoms with Crippen LogP contribution in [0.25, 0.3) is 0 Å². The highest BCUT2D eigenvalue weighted by Crippen LogP contribution is 2.09. The summed E-state index contributed by atoms with van der Waals surface area (Å²) in [6.07, 6.45) is 0.365. The monoisotopic (exact) mass is 272 g/mol. The molecule has 2 N–H and O–H groups in total. The molecule has 0 radical (unpaired) electrons. The van der Waals surface area contributed by atoms with Crippen LogP contribution in [0.4, 0.5) is 5.82 Å². The minimum Gasteiger partial charge on any atom is -0.383 e. The summed E-state index contributed by atoms with van der Waals surface area (Å²) in [5, 5.41) is 5.95. The maximum atomic E-state index is 11.4. The molecule has 18 heavy (non-hydrogen) atoms. The number of nitrogens with zero attached hydrogens (tertiary/aromatic N) is 2. The van der Waals surface area contributed by atoms with Gasteiger partial charge in [0.2, 0.25) is 11.2 Å². The zero-order valence-electron chi connectivity index (χ0n) is 10.5. The number of hydrogen-bond acceptors (Lipinski definition) is 5. The van der Waals surface area contributed by atoms with Gasteiger partial charge in [-0.25, -0.2) is 9.97 Å². The predicted molar refractivity (Wildman–Crippen MR) is 69.8 cm³/mol. The lowest BCUT2D eigenvalue weighted by molar-refractivity contribution is -0.121. The number of halogens is 1. The van der Waals surface area contributed by atoms with Crippen LogP contribution in [-0.2, 0) is 9.53 Å². The second-order valence-corrected chi connectivity index (χ2v) is 4.02. The Kier molecular flexibility index (Phi) is 6.38. The van der Waals surface area contributed by atoms with Gasteiger partial charge >= 0.3 is 0 Å². The molecule has 0 unspecified atom stereocenters. The van der Waals surface area contributed by atoms with Crippen molar-refractivity contribution in [3.63, 3.8) is 0 Å². The average Bonchev–Trinajstić information content (AvgIpc) is 2.28. The van der Waals surface area contributed by atoms with Gasteiger partial charge in [-0.2, -0.15) is 0 Å². The third kappa shape index (κ3) is 5.79. The van der Waals surface area contributed by atoms with E-state index in [0.717, 1.165) is 5.69 Å². The summed E-state index contributed by atoms with van der Waals surface area (Å²) >= 11 is 5.72. The fourth-order valence-corrected chi connectivity index (χ4v) is 1.53. The molecule has 6 nitrogen and oxygen atoms in total. The molecule has 0 aromatic carbocycles. The lowest BCUT2D eigenvalue weighted by Gasteiger charge is -2.07. The van der Waals surface area contributed by atoms with Crippen LogP contribution in [0, 0.1) is 6.92 Å². The van der Waals surface area contributed by atoms with Crippen LogP contribution < -0.4 is 10.6 Å². The number of carbonyl (C=O) groups is 1. The number of ether oxygens (including phenoxy) is 1. The van der Waals surface area contributed by atoms with E-state index < -0.39 is 0 Å². The molecular formula is C11H17ClN4O2. The van der Waals surface area contributed by atoms with Crippen LogP contribution in [0.15, 0.2) is 6.07 Å². The molecular weight excluding hydrogens is 256 g/mol. The molecule has 1 aromatic heterocycles. The fraction of sp³-hybridized carbons (Fsp3) is 0.545. The average molecular weight is 273 g/mol. The van der Waals surface area contributed by atoms with Gasteiger partial charge in [-0.1, -0.05) is 0 Å². The van der Waals surface area contributed by atoms with Crippen molar-refractivity contribution in [2.45, 2.75) is 13.3 Å². The maximum absolute atomic E-state index is 11.4. The minimum absolute atomic E-state index is 0.0311.